The Morgan fingerprint density at radius 1 is 0.864 bits per heavy atom. The number of esters is 1. The Labute approximate surface area is 254 Å². The summed E-state index contributed by atoms with van der Waals surface area (Å²) in [5.74, 6) is -1.16. The number of nitrogens with one attached hydrogen (secondary N) is 1. The number of nitrogens with zero attached hydrogens (tertiary/aromatic N) is 1. The van der Waals surface area contributed by atoms with Crippen LogP contribution < -0.4 is 10.1 Å². The highest BCUT2D eigenvalue weighted by molar-refractivity contribution is 6.31. The second-order valence-electron chi connectivity index (χ2n) is 9.77. The molecule has 224 valence electrons. The van der Waals surface area contributed by atoms with E-state index in [2.05, 4.69) is 10.3 Å². The van der Waals surface area contributed by atoms with E-state index < -0.39 is 29.7 Å². The zero-order chi connectivity index (χ0) is 31.4. The van der Waals surface area contributed by atoms with E-state index in [1.165, 1.54) is 43.6 Å². The van der Waals surface area contributed by atoms with Crippen LogP contribution in [0.5, 0.6) is 11.5 Å². The molecule has 0 spiro atoms. The van der Waals surface area contributed by atoms with E-state index in [4.69, 9.17) is 21.1 Å². The molecule has 44 heavy (non-hydrogen) atoms. The van der Waals surface area contributed by atoms with Gasteiger partial charge in [-0.05, 0) is 88.8 Å². The van der Waals surface area contributed by atoms with Crippen molar-refractivity contribution in [2.75, 3.05) is 7.11 Å². The van der Waals surface area contributed by atoms with Crippen molar-refractivity contribution in [1.29, 1.82) is 0 Å². The monoisotopic (exact) mass is 622 g/mol. The van der Waals surface area contributed by atoms with Gasteiger partial charge in [0.25, 0.3) is 5.91 Å². The Hall–Kier alpha value is -4.96. The lowest BCUT2D eigenvalue weighted by molar-refractivity contribution is -0.143. The zero-order valence-electron chi connectivity index (χ0n) is 23.0. The number of amides is 1. The van der Waals surface area contributed by atoms with Gasteiger partial charge in [0.1, 0.15) is 29.1 Å². The van der Waals surface area contributed by atoms with Gasteiger partial charge in [-0.25, -0.2) is 9.18 Å². The lowest BCUT2D eigenvalue weighted by Crippen LogP contribution is -2.43. The Bertz CT molecular complexity index is 1830. The number of hydrogen-bond donors (Lipinski definition) is 1. The normalized spacial score (nSPS) is 12.0. The number of carbonyl (C=O) groups excluding carboxylic acids is 2. The fourth-order valence-electron chi connectivity index (χ4n) is 4.48. The van der Waals surface area contributed by atoms with E-state index in [1.807, 2.05) is 0 Å². The maximum absolute atomic E-state index is 13.3. The van der Waals surface area contributed by atoms with Gasteiger partial charge in [0.15, 0.2) is 0 Å². The predicted octanol–water partition coefficient (Wildman–Crippen LogP) is 8.02. The van der Waals surface area contributed by atoms with Crippen LogP contribution >= 0.6 is 11.6 Å². The molecule has 4 aromatic carbocycles. The molecule has 0 bridgehead atoms. The van der Waals surface area contributed by atoms with Crippen molar-refractivity contribution in [3.63, 3.8) is 0 Å². The van der Waals surface area contributed by atoms with Crippen molar-refractivity contribution in [2.24, 2.45) is 0 Å². The number of pyridine rings is 1. The number of methoxy groups -OCH3 is 1. The van der Waals surface area contributed by atoms with Crippen LogP contribution in [0, 0.1) is 5.82 Å². The molecule has 6 nitrogen and oxygen atoms in total. The SMILES string of the molecule is COC(=O)[C@H](Cc1ccc(-c2ccc(F)cc2)cc1Cl)NC(=O)c1cc2cc(Oc3ccc(C(F)(F)F)cc3)ccc2cn1. The van der Waals surface area contributed by atoms with Crippen LogP contribution in [0.15, 0.2) is 97.2 Å². The number of rotatable bonds is 8. The molecule has 11 heteroatoms. The van der Waals surface area contributed by atoms with Crippen molar-refractivity contribution in [3.8, 4) is 22.6 Å². The summed E-state index contributed by atoms with van der Waals surface area (Å²) in [5, 5.41) is 4.25. The van der Waals surface area contributed by atoms with Gasteiger partial charge in [-0.2, -0.15) is 13.2 Å². The molecule has 1 aromatic heterocycles. The number of halogens is 5. The van der Waals surface area contributed by atoms with Crippen LogP contribution in [-0.2, 0) is 22.1 Å². The molecule has 0 aliphatic carbocycles. The number of alkyl halides is 3. The highest BCUT2D eigenvalue weighted by atomic mass is 35.5. The van der Waals surface area contributed by atoms with Gasteiger partial charge in [-0.3, -0.25) is 9.78 Å². The minimum atomic E-state index is -4.46. The lowest BCUT2D eigenvalue weighted by Gasteiger charge is -2.18. The van der Waals surface area contributed by atoms with Crippen LogP contribution in [0.4, 0.5) is 17.6 Å². The van der Waals surface area contributed by atoms with Crippen molar-refractivity contribution >= 4 is 34.2 Å². The summed E-state index contributed by atoms with van der Waals surface area (Å²) in [4.78, 5) is 30.0. The predicted molar refractivity (Wildman–Crippen MR) is 157 cm³/mol. The van der Waals surface area contributed by atoms with Gasteiger partial charge in [0, 0.05) is 23.0 Å². The number of ether oxygens (including phenoxy) is 2. The first kappa shape index (κ1) is 30.5. The summed E-state index contributed by atoms with van der Waals surface area (Å²) >= 11 is 6.51. The Morgan fingerprint density at radius 3 is 2.20 bits per heavy atom. The highest BCUT2D eigenvalue weighted by Crippen LogP contribution is 2.32. The molecule has 1 heterocycles. The first-order valence-corrected chi connectivity index (χ1v) is 13.6. The zero-order valence-corrected chi connectivity index (χ0v) is 23.7. The van der Waals surface area contributed by atoms with Crippen LogP contribution in [0.3, 0.4) is 0 Å². The van der Waals surface area contributed by atoms with Gasteiger partial charge in [-0.15, -0.1) is 0 Å². The molecule has 1 amide bonds. The van der Waals surface area contributed by atoms with E-state index in [1.54, 1.807) is 48.5 Å². The minimum Gasteiger partial charge on any atom is -0.467 e. The number of hydrogen-bond acceptors (Lipinski definition) is 5. The van der Waals surface area contributed by atoms with E-state index in [9.17, 15) is 27.2 Å². The van der Waals surface area contributed by atoms with Gasteiger partial charge in [-0.1, -0.05) is 35.9 Å². The molecule has 5 aromatic rings. The molecule has 0 saturated carbocycles. The molecule has 0 aliphatic rings. The van der Waals surface area contributed by atoms with Crippen molar-refractivity contribution in [2.45, 2.75) is 18.6 Å². The van der Waals surface area contributed by atoms with Gasteiger partial charge in [0.05, 0.1) is 12.7 Å². The van der Waals surface area contributed by atoms with E-state index in [0.717, 1.165) is 23.3 Å². The fourth-order valence-corrected chi connectivity index (χ4v) is 4.73. The Morgan fingerprint density at radius 2 is 1.55 bits per heavy atom. The number of carbonyl (C=O) groups is 2. The number of benzene rings is 4. The van der Waals surface area contributed by atoms with E-state index >= 15 is 0 Å². The summed E-state index contributed by atoms with van der Waals surface area (Å²) in [6.45, 7) is 0. The van der Waals surface area contributed by atoms with Crippen LogP contribution in [0.1, 0.15) is 21.6 Å². The highest BCUT2D eigenvalue weighted by Gasteiger charge is 2.30. The van der Waals surface area contributed by atoms with E-state index in [0.29, 0.717) is 27.1 Å². The van der Waals surface area contributed by atoms with Crippen molar-refractivity contribution in [1.82, 2.24) is 10.3 Å². The first-order valence-electron chi connectivity index (χ1n) is 13.2. The lowest BCUT2D eigenvalue weighted by atomic mass is 10.00. The topological polar surface area (TPSA) is 77.5 Å². The third-order valence-electron chi connectivity index (χ3n) is 6.79. The smallest absolute Gasteiger partial charge is 0.416 e. The van der Waals surface area contributed by atoms with E-state index in [-0.39, 0.29) is 23.7 Å². The molecule has 1 N–H and O–H groups in total. The third kappa shape index (κ3) is 7.15. The number of fused-ring (bicyclic) bond motifs is 1. The molecular weight excluding hydrogens is 600 g/mol. The second-order valence-corrected chi connectivity index (χ2v) is 10.2. The largest absolute Gasteiger partial charge is 0.467 e. The summed E-state index contributed by atoms with van der Waals surface area (Å²) < 4.78 is 62.5. The maximum atomic E-state index is 13.3. The summed E-state index contributed by atoms with van der Waals surface area (Å²) in [6, 6.07) is 20.7. The Balaban J connectivity index is 1.32. The summed E-state index contributed by atoms with van der Waals surface area (Å²) in [7, 11) is 1.20. The summed E-state index contributed by atoms with van der Waals surface area (Å²) in [5.41, 5.74) is 1.30. The second kappa shape index (κ2) is 12.7. The quantitative estimate of drug-likeness (QED) is 0.140. The van der Waals surface area contributed by atoms with Crippen molar-refractivity contribution in [3.05, 3.63) is 125 Å². The van der Waals surface area contributed by atoms with Crippen LogP contribution in [0.25, 0.3) is 21.9 Å². The molecule has 0 aliphatic heterocycles. The molecular formula is C33H23ClF4N2O4. The summed E-state index contributed by atoms with van der Waals surface area (Å²) in [6.07, 6.45) is -2.95. The Kier molecular flexibility index (Phi) is 8.82. The maximum Gasteiger partial charge on any atom is 0.416 e. The van der Waals surface area contributed by atoms with Gasteiger partial charge >= 0.3 is 12.1 Å². The molecule has 0 radical (unpaired) electrons. The first-order chi connectivity index (χ1) is 21.0. The molecule has 0 unspecified atom stereocenters. The minimum absolute atomic E-state index is 0.0100. The average molecular weight is 623 g/mol. The molecule has 1 atom stereocenters. The fraction of sp³-hybridized carbons (Fsp3) is 0.121. The van der Waals surface area contributed by atoms with Crippen LogP contribution in [0.2, 0.25) is 5.02 Å². The van der Waals surface area contributed by atoms with Gasteiger partial charge < -0.3 is 14.8 Å². The third-order valence-corrected chi connectivity index (χ3v) is 7.14. The van der Waals surface area contributed by atoms with Gasteiger partial charge in [0.2, 0.25) is 0 Å². The molecule has 5 rings (SSSR count). The molecule has 0 fully saturated rings. The average Bonchev–Trinajstić information content (AvgIpc) is 3.01. The van der Waals surface area contributed by atoms with Crippen LogP contribution in [-0.4, -0.2) is 30.0 Å². The van der Waals surface area contributed by atoms with Crippen molar-refractivity contribution < 1.29 is 36.6 Å². The number of aromatic nitrogens is 1. The molecule has 0 saturated heterocycles. The standard InChI is InChI=1S/C33H23ClF4N2O4/c1-43-32(42)30(16-21-3-2-20(15-28(21)34)19-4-9-25(35)10-5-19)40-31(41)29-17-23-14-27(11-6-22(23)18-39-29)44-26-12-7-24(8-13-26)33(36,37)38/h2-15,17-18,30H,16H2,1H3,(H,40,41)/t30-/m0/s1.